The summed E-state index contributed by atoms with van der Waals surface area (Å²) in [5.41, 5.74) is -1.36. The number of carbonyl (C=O) groups excluding carboxylic acids is 1. The molecule has 2 aromatic rings. The fourth-order valence-corrected chi connectivity index (χ4v) is 6.30. The molecule has 2 fully saturated rings. The lowest BCUT2D eigenvalue weighted by atomic mass is 10.2. The predicted octanol–water partition coefficient (Wildman–Crippen LogP) is 3.70. The molecule has 3 atom stereocenters. The number of hydrogen-bond donors (Lipinski definition) is 1. The number of benzene rings is 1. The van der Waals surface area contributed by atoms with Crippen molar-refractivity contribution in [3.05, 3.63) is 41.6 Å². The molecule has 204 valence electrons. The van der Waals surface area contributed by atoms with Crippen molar-refractivity contribution in [3.63, 3.8) is 0 Å². The lowest BCUT2D eigenvalue weighted by molar-refractivity contribution is -0.142. The third-order valence-electron chi connectivity index (χ3n) is 6.72. The van der Waals surface area contributed by atoms with Crippen molar-refractivity contribution in [3.8, 4) is 0 Å². The van der Waals surface area contributed by atoms with Crippen molar-refractivity contribution in [1.82, 2.24) is 20.0 Å². The maximum absolute atomic E-state index is 13.6. The van der Waals surface area contributed by atoms with E-state index in [0.717, 1.165) is 16.8 Å². The van der Waals surface area contributed by atoms with Gasteiger partial charge in [-0.15, -0.1) is 0 Å². The van der Waals surface area contributed by atoms with Crippen LogP contribution in [0.25, 0.3) is 0 Å². The SMILES string of the molecule is Cc1cc(N2CC(S(=O)c3ccccc3C(F)(F)F)CC2C(=O)NC2(N(C)C)CC2)n(CC(F)(F)F)n1. The van der Waals surface area contributed by atoms with Crippen LogP contribution in [0.2, 0.25) is 0 Å². The largest absolute Gasteiger partial charge is 0.417 e. The summed E-state index contributed by atoms with van der Waals surface area (Å²) in [6, 6.07) is 4.83. The van der Waals surface area contributed by atoms with Crippen LogP contribution in [0.4, 0.5) is 32.2 Å². The molecule has 2 heterocycles. The van der Waals surface area contributed by atoms with Gasteiger partial charge in [-0.25, -0.2) is 4.68 Å². The molecule has 1 amide bonds. The van der Waals surface area contributed by atoms with Gasteiger partial charge in [0.15, 0.2) is 0 Å². The molecule has 4 rings (SSSR count). The Hall–Kier alpha value is -2.61. The number of anilines is 1. The summed E-state index contributed by atoms with van der Waals surface area (Å²) >= 11 is 0. The Morgan fingerprint density at radius 3 is 2.41 bits per heavy atom. The molecule has 0 spiro atoms. The van der Waals surface area contributed by atoms with Crippen molar-refractivity contribution in [2.24, 2.45) is 0 Å². The highest BCUT2D eigenvalue weighted by atomic mass is 32.2. The number of alkyl halides is 6. The van der Waals surface area contributed by atoms with Gasteiger partial charge < -0.3 is 10.2 Å². The van der Waals surface area contributed by atoms with Crippen LogP contribution in [-0.2, 0) is 28.3 Å². The van der Waals surface area contributed by atoms with Gasteiger partial charge in [-0.1, -0.05) is 12.1 Å². The Morgan fingerprint density at radius 2 is 1.84 bits per heavy atom. The summed E-state index contributed by atoms with van der Waals surface area (Å²) < 4.78 is 94.7. The molecular weight excluding hydrogens is 524 g/mol. The highest BCUT2D eigenvalue weighted by Gasteiger charge is 2.50. The van der Waals surface area contributed by atoms with E-state index in [1.165, 1.54) is 30.0 Å². The molecule has 37 heavy (non-hydrogen) atoms. The van der Waals surface area contributed by atoms with E-state index in [0.29, 0.717) is 12.8 Å². The van der Waals surface area contributed by atoms with E-state index >= 15 is 0 Å². The lowest BCUT2D eigenvalue weighted by Gasteiger charge is -2.30. The van der Waals surface area contributed by atoms with Gasteiger partial charge in [-0.05, 0) is 52.4 Å². The molecule has 2 aliphatic rings. The summed E-state index contributed by atoms with van der Waals surface area (Å²) in [6.45, 7) is -0.0931. The van der Waals surface area contributed by atoms with E-state index in [9.17, 15) is 35.3 Å². The molecule has 7 nitrogen and oxygen atoms in total. The third kappa shape index (κ3) is 5.79. The first-order valence-corrected chi connectivity index (χ1v) is 12.8. The molecule has 1 aliphatic heterocycles. The van der Waals surface area contributed by atoms with Crippen LogP contribution >= 0.6 is 0 Å². The smallest absolute Gasteiger partial charge is 0.344 e. The van der Waals surface area contributed by atoms with Crippen LogP contribution in [0.3, 0.4) is 0 Å². The van der Waals surface area contributed by atoms with E-state index in [4.69, 9.17) is 0 Å². The third-order valence-corrected chi connectivity index (χ3v) is 8.45. The summed E-state index contributed by atoms with van der Waals surface area (Å²) in [7, 11) is 1.38. The predicted molar refractivity (Wildman–Crippen MR) is 124 cm³/mol. The van der Waals surface area contributed by atoms with Crippen LogP contribution in [-0.4, -0.2) is 68.6 Å². The van der Waals surface area contributed by atoms with Gasteiger partial charge in [0.25, 0.3) is 0 Å². The van der Waals surface area contributed by atoms with Gasteiger partial charge in [0.2, 0.25) is 5.91 Å². The van der Waals surface area contributed by atoms with Gasteiger partial charge >= 0.3 is 12.4 Å². The zero-order valence-corrected chi connectivity index (χ0v) is 21.2. The molecule has 1 saturated carbocycles. The Morgan fingerprint density at radius 1 is 1.19 bits per heavy atom. The average molecular weight is 552 g/mol. The Balaban J connectivity index is 1.70. The fraction of sp³-hybridized carbons (Fsp3) is 0.565. The lowest BCUT2D eigenvalue weighted by Crippen LogP contribution is -2.53. The highest BCUT2D eigenvalue weighted by molar-refractivity contribution is 7.85. The summed E-state index contributed by atoms with van der Waals surface area (Å²) in [4.78, 5) is 16.2. The summed E-state index contributed by atoms with van der Waals surface area (Å²) in [5, 5.41) is 5.91. The minimum atomic E-state index is -4.74. The van der Waals surface area contributed by atoms with Crippen LogP contribution < -0.4 is 10.2 Å². The van der Waals surface area contributed by atoms with Gasteiger partial charge in [0.05, 0.1) is 37.9 Å². The first-order chi connectivity index (χ1) is 17.1. The van der Waals surface area contributed by atoms with Crippen LogP contribution in [0.5, 0.6) is 0 Å². The second-order valence-electron chi connectivity index (χ2n) is 9.65. The molecule has 14 heteroatoms. The van der Waals surface area contributed by atoms with Crippen LogP contribution in [0.15, 0.2) is 35.2 Å². The number of nitrogens with zero attached hydrogens (tertiary/aromatic N) is 4. The zero-order valence-electron chi connectivity index (χ0n) is 20.4. The standard InChI is InChI=1S/C23H27F6N5O2S/c1-14-10-19(34(31-14)13-22(24,25)26)33-12-15(11-17(33)20(35)30-21(8-9-21)32(2)3)37(36)18-7-5-4-6-16(18)23(27,28)29/h4-7,10,15,17H,8-9,11-13H2,1-3H3,(H,30,35). The van der Waals surface area contributed by atoms with Crippen LogP contribution in [0.1, 0.15) is 30.5 Å². The second-order valence-corrected chi connectivity index (χ2v) is 11.4. The quantitative estimate of drug-likeness (QED) is 0.420. The number of aryl methyl sites for hydroxylation is 1. The molecule has 0 radical (unpaired) electrons. The maximum atomic E-state index is 13.6. The van der Waals surface area contributed by atoms with E-state index in [1.54, 1.807) is 14.1 Å². The van der Waals surface area contributed by atoms with Gasteiger partial charge in [0.1, 0.15) is 18.4 Å². The van der Waals surface area contributed by atoms with E-state index < -0.39 is 63.0 Å². The number of aromatic nitrogens is 2. The first-order valence-electron chi connectivity index (χ1n) is 11.6. The van der Waals surface area contributed by atoms with Gasteiger partial charge in [0, 0.05) is 12.6 Å². The Labute approximate surface area is 212 Å². The molecule has 1 aromatic heterocycles. The van der Waals surface area contributed by atoms with Gasteiger partial charge in [-0.3, -0.25) is 13.9 Å². The first kappa shape index (κ1) is 27.4. The summed E-state index contributed by atoms with van der Waals surface area (Å²) in [6.07, 6.45) is -8.09. The molecule has 1 N–H and O–H groups in total. The minimum Gasteiger partial charge on any atom is -0.344 e. The average Bonchev–Trinajstić information content (AvgIpc) is 3.29. The fourth-order valence-electron chi connectivity index (χ4n) is 4.67. The number of rotatable bonds is 7. The molecule has 1 aromatic carbocycles. The second kappa shape index (κ2) is 9.61. The highest BCUT2D eigenvalue weighted by Crippen LogP contribution is 2.40. The molecule has 1 aliphatic carbocycles. The number of amides is 1. The number of hydrogen-bond acceptors (Lipinski definition) is 5. The number of carbonyl (C=O) groups is 1. The molecule has 3 unspecified atom stereocenters. The normalized spacial score (nSPS) is 22.4. The molecular formula is C23H27F6N5O2S. The van der Waals surface area contributed by atoms with E-state index in [2.05, 4.69) is 10.4 Å². The number of nitrogens with one attached hydrogen (secondary N) is 1. The van der Waals surface area contributed by atoms with Crippen molar-refractivity contribution in [2.45, 2.75) is 66.9 Å². The summed E-state index contributed by atoms with van der Waals surface area (Å²) in [5.74, 6) is -0.500. The topological polar surface area (TPSA) is 70.5 Å². The molecule has 1 saturated heterocycles. The van der Waals surface area contributed by atoms with E-state index in [1.807, 2.05) is 4.90 Å². The Kier molecular flexibility index (Phi) is 7.12. The maximum Gasteiger partial charge on any atom is 0.417 e. The monoisotopic (exact) mass is 551 g/mol. The Bertz CT molecular complexity index is 1190. The van der Waals surface area contributed by atoms with E-state index in [-0.39, 0.29) is 24.5 Å². The van der Waals surface area contributed by atoms with Crippen molar-refractivity contribution < 1.29 is 35.3 Å². The van der Waals surface area contributed by atoms with Crippen molar-refractivity contribution in [1.29, 1.82) is 0 Å². The van der Waals surface area contributed by atoms with Crippen molar-refractivity contribution >= 4 is 22.5 Å². The minimum absolute atomic E-state index is 0.00622. The van der Waals surface area contributed by atoms with Crippen LogP contribution in [0, 0.1) is 6.92 Å². The van der Waals surface area contributed by atoms with Gasteiger partial charge in [-0.2, -0.15) is 31.4 Å². The van der Waals surface area contributed by atoms with Crippen molar-refractivity contribution in [2.75, 3.05) is 25.5 Å². The zero-order chi connectivity index (χ0) is 27.3. The number of halogens is 6. The molecule has 0 bridgehead atoms.